The van der Waals surface area contributed by atoms with Crippen LogP contribution in [0.3, 0.4) is 0 Å². The number of guanidine groups is 1. The van der Waals surface area contributed by atoms with Crippen LogP contribution in [0, 0.1) is 0 Å². The summed E-state index contributed by atoms with van der Waals surface area (Å²) >= 11 is 0. The zero-order chi connectivity index (χ0) is 10.6. The summed E-state index contributed by atoms with van der Waals surface area (Å²) in [5, 5.41) is 2.86. The Labute approximate surface area is 81.9 Å². The molecule has 0 saturated heterocycles. The van der Waals surface area contributed by atoms with E-state index in [-0.39, 0.29) is 18.9 Å². The maximum absolute atomic E-state index is 12.8. The molecule has 1 aliphatic rings. The fourth-order valence-electron chi connectivity index (χ4n) is 1.56. The molecule has 6 heteroatoms. The number of hydrazine groups is 1. The van der Waals surface area contributed by atoms with E-state index in [1.165, 1.54) is 0 Å². The number of nitrogens with one attached hydrogen (secondary N) is 2. The lowest BCUT2D eigenvalue weighted by molar-refractivity contribution is 0.00746. The van der Waals surface area contributed by atoms with E-state index in [4.69, 9.17) is 5.84 Å². The predicted molar refractivity (Wildman–Crippen MR) is 51.0 cm³/mol. The maximum Gasteiger partial charge on any atom is 0.250 e. The van der Waals surface area contributed by atoms with Crippen LogP contribution in [0.15, 0.2) is 4.99 Å². The van der Waals surface area contributed by atoms with Crippen molar-refractivity contribution in [1.82, 2.24) is 10.7 Å². The molecule has 1 rings (SSSR count). The van der Waals surface area contributed by atoms with Crippen molar-refractivity contribution in [3.63, 3.8) is 0 Å². The number of halogens is 2. The Balaban J connectivity index is 2.42. The lowest BCUT2D eigenvalue weighted by Gasteiger charge is -2.15. The van der Waals surface area contributed by atoms with E-state index < -0.39 is 5.92 Å². The molecular formula is C8H16F2N4. The highest BCUT2D eigenvalue weighted by atomic mass is 19.3. The van der Waals surface area contributed by atoms with Crippen LogP contribution in [0.25, 0.3) is 0 Å². The summed E-state index contributed by atoms with van der Waals surface area (Å²) in [6.07, 6.45) is 0.253. The summed E-state index contributed by atoms with van der Waals surface area (Å²) in [4.78, 5) is 3.98. The summed E-state index contributed by atoms with van der Waals surface area (Å²) in [5.74, 6) is 3.02. The van der Waals surface area contributed by atoms with Gasteiger partial charge in [-0.2, -0.15) is 0 Å². The first-order chi connectivity index (χ1) is 6.57. The Bertz CT molecular complexity index is 217. The van der Waals surface area contributed by atoms with E-state index in [9.17, 15) is 8.78 Å². The third kappa shape index (κ3) is 3.10. The molecule has 4 nitrogen and oxygen atoms in total. The van der Waals surface area contributed by atoms with Gasteiger partial charge in [-0.05, 0) is 13.3 Å². The number of aliphatic imine (C=N–C) groups is 1. The van der Waals surface area contributed by atoms with E-state index in [0.717, 1.165) is 0 Å². The van der Waals surface area contributed by atoms with Gasteiger partial charge in [0, 0.05) is 25.4 Å². The molecule has 1 unspecified atom stereocenters. The van der Waals surface area contributed by atoms with Gasteiger partial charge in [-0.25, -0.2) is 14.6 Å². The second-order valence-electron chi connectivity index (χ2n) is 3.41. The lowest BCUT2D eigenvalue weighted by atomic mass is 10.2. The smallest absolute Gasteiger partial charge is 0.250 e. The van der Waals surface area contributed by atoms with Gasteiger partial charge in [0.15, 0.2) is 0 Å². The summed E-state index contributed by atoms with van der Waals surface area (Å²) < 4.78 is 25.6. The van der Waals surface area contributed by atoms with Crippen LogP contribution in [-0.4, -0.2) is 24.5 Å². The van der Waals surface area contributed by atoms with Crippen molar-refractivity contribution in [1.29, 1.82) is 0 Å². The Morgan fingerprint density at radius 2 is 2.36 bits per heavy atom. The van der Waals surface area contributed by atoms with E-state index in [2.05, 4.69) is 15.7 Å². The van der Waals surface area contributed by atoms with E-state index >= 15 is 0 Å². The molecule has 1 fully saturated rings. The molecule has 0 aromatic carbocycles. The van der Waals surface area contributed by atoms with Crippen LogP contribution in [-0.2, 0) is 0 Å². The average molecular weight is 206 g/mol. The second kappa shape index (κ2) is 4.54. The van der Waals surface area contributed by atoms with E-state index in [1.54, 1.807) is 0 Å². The fraction of sp³-hybridized carbons (Fsp3) is 0.875. The Morgan fingerprint density at radius 3 is 2.79 bits per heavy atom. The highest BCUT2D eigenvalue weighted by Crippen LogP contribution is 2.34. The Morgan fingerprint density at radius 1 is 1.64 bits per heavy atom. The van der Waals surface area contributed by atoms with Crippen LogP contribution in [0.2, 0.25) is 0 Å². The van der Waals surface area contributed by atoms with Crippen LogP contribution in [0.4, 0.5) is 8.78 Å². The van der Waals surface area contributed by atoms with Crippen molar-refractivity contribution in [3.8, 4) is 0 Å². The van der Waals surface area contributed by atoms with Gasteiger partial charge in [-0.1, -0.05) is 0 Å². The van der Waals surface area contributed by atoms with Gasteiger partial charge in [0.2, 0.25) is 11.9 Å². The molecule has 4 N–H and O–H groups in total. The molecular weight excluding hydrogens is 190 g/mol. The predicted octanol–water partition coefficient (Wildman–Crippen LogP) is 0.603. The minimum atomic E-state index is -2.54. The lowest BCUT2D eigenvalue weighted by Crippen LogP contribution is -2.46. The van der Waals surface area contributed by atoms with Crippen molar-refractivity contribution in [3.05, 3.63) is 0 Å². The largest absolute Gasteiger partial charge is 0.352 e. The number of nitrogens with zero attached hydrogens (tertiary/aromatic N) is 1. The molecule has 14 heavy (non-hydrogen) atoms. The average Bonchev–Trinajstić information content (AvgIpc) is 2.45. The molecule has 0 aromatic rings. The third-order valence-electron chi connectivity index (χ3n) is 2.20. The maximum atomic E-state index is 12.8. The van der Waals surface area contributed by atoms with Gasteiger partial charge in [0.25, 0.3) is 0 Å². The SMILES string of the molecule is CCN=C(NN)NC1CCC(F)(F)C1. The molecule has 82 valence electrons. The molecule has 0 bridgehead atoms. The monoisotopic (exact) mass is 206 g/mol. The quantitative estimate of drug-likeness (QED) is 0.268. The molecule has 1 saturated carbocycles. The van der Waals surface area contributed by atoms with Crippen LogP contribution in [0.5, 0.6) is 0 Å². The summed E-state index contributed by atoms with van der Waals surface area (Å²) in [7, 11) is 0. The van der Waals surface area contributed by atoms with Crippen molar-refractivity contribution >= 4 is 5.96 Å². The van der Waals surface area contributed by atoms with Gasteiger partial charge in [0.05, 0.1) is 0 Å². The first-order valence-electron chi connectivity index (χ1n) is 4.73. The molecule has 0 aromatic heterocycles. The minimum Gasteiger partial charge on any atom is -0.352 e. The van der Waals surface area contributed by atoms with Gasteiger partial charge in [-0.3, -0.25) is 10.4 Å². The molecule has 0 amide bonds. The highest BCUT2D eigenvalue weighted by Gasteiger charge is 2.39. The fourth-order valence-corrected chi connectivity index (χ4v) is 1.56. The van der Waals surface area contributed by atoms with Crippen molar-refractivity contribution in [2.24, 2.45) is 10.8 Å². The van der Waals surface area contributed by atoms with Crippen molar-refractivity contribution in [2.45, 2.75) is 38.2 Å². The summed E-state index contributed by atoms with van der Waals surface area (Å²) in [6.45, 7) is 2.41. The van der Waals surface area contributed by atoms with Crippen molar-refractivity contribution in [2.75, 3.05) is 6.54 Å². The molecule has 0 heterocycles. The highest BCUT2D eigenvalue weighted by molar-refractivity contribution is 5.79. The molecule has 0 aliphatic heterocycles. The molecule has 1 atom stereocenters. The van der Waals surface area contributed by atoms with Gasteiger partial charge in [-0.15, -0.1) is 0 Å². The van der Waals surface area contributed by atoms with Gasteiger partial charge < -0.3 is 5.32 Å². The van der Waals surface area contributed by atoms with Gasteiger partial charge in [0.1, 0.15) is 0 Å². The minimum absolute atomic E-state index is 0.0609. The Hall–Kier alpha value is -0.910. The van der Waals surface area contributed by atoms with Crippen LogP contribution >= 0.6 is 0 Å². The molecule has 0 radical (unpaired) electrons. The van der Waals surface area contributed by atoms with Crippen LogP contribution in [0.1, 0.15) is 26.2 Å². The number of nitrogens with two attached hydrogens (primary N) is 1. The van der Waals surface area contributed by atoms with E-state index in [0.29, 0.717) is 18.9 Å². The Kier molecular flexibility index (Phi) is 3.62. The normalized spacial score (nSPS) is 26.3. The molecule has 1 aliphatic carbocycles. The number of alkyl halides is 2. The summed E-state index contributed by atoms with van der Waals surface area (Å²) in [5.41, 5.74) is 2.35. The number of hydrogen-bond acceptors (Lipinski definition) is 2. The second-order valence-corrected chi connectivity index (χ2v) is 3.41. The van der Waals surface area contributed by atoms with Crippen LogP contribution < -0.4 is 16.6 Å². The zero-order valence-electron chi connectivity index (χ0n) is 8.19. The third-order valence-corrected chi connectivity index (χ3v) is 2.20. The topological polar surface area (TPSA) is 62.4 Å². The van der Waals surface area contributed by atoms with Gasteiger partial charge >= 0.3 is 0 Å². The molecule has 0 spiro atoms. The standard InChI is InChI=1S/C8H16F2N4/c1-2-12-7(14-11)13-6-3-4-8(9,10)5-6/h6H,2-5,11H2,1H3,(H2,12,13,14). The number of rotatable bonds is 2. The first-order valence-corrected chi connectivity index (χ1v) is 4.73. The zero-order valence-corrected chi connectivity index (χ0v) is 8.19. The number of hydrogen-bond donors (Lipinski definition) is 3. The summed E-state index contributed by atoms with van der Waals surface area (Å²) in [6, 6.07) is -0.230. The first kappa shape index (κ1) is 11.2. The van der Waals surface area contributed by atoms with E-state index in [1.807, 2.05) is 6.92 Å². The van der Waals surface area contributed by atoms with Crippen molar-refractivity contribution < 1.29 is 8.78 Å².